The minimum absolute atomic E-state index is 0.294. The minimum Gasteiger partial charge on any atom is -0.354 e. The second-order valence-corrected chi connectivity index (χ2v) is 6.85. The Bertz CT molecular complexity index is 554. The highest BCUT2D eigenvalue weighted by Gasteiger charge is 2.28. The summed E-state index contributed by atoms with van der Waals surface area (Å²) in [6.45, 7) is 2.40. The van der Waals surface area contributed by atoms with Gasteiger partial charge in [-0.15, -0.1) is 0 Å². The van der Waals surface area contributed by atoms with Crippen LogP contribution in [0.1, 0.15) is 5.82 Å². The van der Waals surface area contributed by atoms with E-state index in [1.807, 2.05) is 11.0 Å². The normalized spacial score (nSPS) is 17.7. The molecule has 1 aliphatic rings. The molecule has 0 radical (unpaired) electrons. The zero-order chi connectivity index (χ0) is 14.8. The SMILES string of the molecule is CN(C)S(=O)(=O)N1CCN(c2ccnc(CN)n2)CC1. The number of aromatic nitrogens is 2. The Kier molecular flexibility index (Phi) is 4.53. The van der Waals surface area contributed by atoms with Gasteiger partial charge < -0.3 is 10.6 Å². The maximum absolute atomic E-state index is 12.0. The number of hydrogen-bond acceptors (Lipinski definition) is 6. The van der Waals surface area contributed by atoms with Gasteiger partial charge in [-0.2, -0.15) is 17.0 Å². The summed E-state index contributed by atoms with van der Waals surface area (Å²) >= 11 is 0. The first-order valence-corrected chi connectivity index (χ1v) is 7.79. The van der Waals surface area contributed by atoms with Crippen molar-refractivity contribution >= 4 is 16.0 Å². The third-order valence-corrected chi connectivity index (χ3v) is 5.16. The van der Waals surface area contributed by atoms with Crippen molar-refractivity contribution < 1.29 is 8.42 Å². The number of nitrogens with two attached hydrogens (primary N) is 1. The van der Waals surface area contributed by atoms with Crippen LogP contribution in [0.3, 0.4) is 0 Å². The summed E-state index contributed by atoms with van der Waals surface area (Å²) in [5.74, 6) is 1.38. The molecular formula is C11H20N6O2S. The monoisotopic (exact) mass is 300 g/mol. The topological polar surface area (TPSA) is 95.7 Å². The van der Waals surface area contributed by atoms with Crippen LogP contribution in [0.15, 0.2) is 12.3 Å². The lowest BCUT2D eigenvalue weighted by Gasteiger charge is -2.35. The molecule has 0 aromatic carbocycles. The lowest BCUT2D eigenvalue weighted by molar-refractivity contribution is 0.355. The Labute approximate surface area is 119 Å². The molecule has 0 aliphatic carbocycles. The van der Waals surface area contributed by atoms with Gasteiger partial charge in [-0.25, -0.2) is 9.97 Å². The first-order chi connectivity index (χ1) is 9.45. The molecule has 0 saturated carbocycles. The Balaban J connectivity index is 2.04. The van der Waals surface area contributed by atoms with Gasteiger partial charge in [0.25, 0.3) is 10.2 Å². The van der Waals surface area contributed by atoms with Crippen LogP contribution in [0.5, 0.6) is 0 Å². The zero-order valence-electron chi connectivity index (χ0n) is 11.7. The maximum Gasteiger partial charge on any atom is 0.281 e. The molecule has 1 aromatic heterocycles. The summed E-state index contributed by atoms with van der Waals surface area (Å²) in [7, 11) is -0.249. The first kappa shape index (κ1) is 15.1. The van der Waals surface area contributed by atoms with E-state index in [0.29, 0.717) is 38.5 Å². The molecule has 2 heterocycles. The predicted octanol–water partition coefficient (Wildman–Crippen LogP) is -1.14. The molecule has 0 bridgehead atoms. The van der Waals surface area contributed by atoms with Gasteiger partial charge in [0.1, 0.15) is 11.6 Å². The van der Waals surface area contributed by atoms with Crippen molar-refractivity contribution in [2.45, 2.75) is 6.54 Å². The van der Waals surface area contributed by atoms with Crippen molar-refractivity contribution in [2.75, 3.05) is 45.2 Å². The van der Waals surface area contributed by atoms with Crippen molar-refractivity contribution in [1.29, 1.82) is 0 Å². The van der Waals surface area contributed by atoms with E-state index < -0.39 is 10.2 Å². The van der Waals surface area contributed by atoms with E-state index in [1.54, 1.807) is 20.3 Å². The highest BCUT2D eigenvalue weighted by Crippen LogP contribution is 2.15. The highest BCUT2D eigenvalue weighted by molar-refractivity contribution is 7.86. The van der Waals surface area contributed by atoms with Gasteiger partial charge in [-0.3, -0.25) is 0 Å². The molecule has 8 nitrogen and oxygen atoms in total. The largest absolute Gasteiger partial charge is 0.354 e. The molecule has 112 valence electrons. The van der Waals surface area contributed by atoms with Crippen LogP contribution in [0.2, 0.25) is 0 Å². The summed E-state index contributed by atoms with van der Waals surface area (Å²) < 4.78 is 26.8. The number of hydrogen-bond donors (Lipinski definition) is 1. The fourth-order valence-electron chi connectivity index (χ4n) is 2.04. The third-order valence-electron chi connectivity index (χ3n) is 3.22. The van der Waals surface area contributed by atoms with Gasteiger partial charge in [0.15, 0.2) is 0 Å². The number of nitrogens with zero attached hydrogens (tertiary/aromatic N) is 5. The zero-order valence-corrected chi connectivity index (χ0v) is 12.5. The van der Waals surface area contributed by atoms with Crippen LogP contribution in [-0.4, -0.2) is 67.3 Å². The van der Waals surface area contributed by atoms with Crippen molar-refractivity contribution in [3.8, 4) is 0 Å². The minimum atomic E-state index is -3.33. The van der Waals surface area contributed by atoms with E-state index in [2.05, 4.69) is 9.97 Å². The van der Waals surface area contributed by atoms with Gasteiger partial charge in [0.2, 0.25) is 0 Å². The summed E-state index contributed by atoms with van der Waals surface area (Å²) in [6.07, 6.45) is 1.67. The lowest BCUT2D eigenvalue weighted by Crippen LogP contribution is -2.51. The molecule has 20 heavy (non-hydrogen) atoms. The fraction of sp³-hybridized carbons (Fsp3) is 0.636. The van der Waals surface area contributed by atoms with E-state index in [9.17, 15) is 8.42 Å². The molecule has 0 spiro atoms. The molecule has 1 fully saturated rings. The van der Waals surface area contributed by atoms with Crippen molar-refractivity contribution in [2.24, 2.45) is 5.73 Å². The molecule has 1 aliphatic heterocycles. The van der Waals surface area contributed by atoms with Gasteiger partial charge >= 0.3 is 0 Å². The van der Waals surface area contributed by atoms with Gasteiger partial charge in [-0.1, -0.05) is 0 Å². The number of rotatable bonds is 4. The quantitative estimate of drug-likeness (QED) is 0.755. The van der Waals surface area contributed by atoms with Crippen LogP contribution in [0.25, 0.3) is 0 Å². The van der Waals surface area contributed by atoms with Gasteiger partial charge in [0, 0.05) is 46.5 Å². The highest BCUT2D eigenvalue weighted by atomic mass is 32.2. The van der Waals surface area contributed by atoms with Crippen LogP contribution in [0.4, 0.5) is 5.82 Å². The second-order valence-electron chi connectivity index (χ2n) is 4.71. The molecule has 0 amide bonds. The Morgan fingerprint density at radius 2 is 1.95 bits per heavy atom. The Morgan fingerprint density at radius 3 is 2.50 bits per heavy atom. The first-order valence-electron chi connectivity index (χ1n) is 6.39. The molecule has 1 aromatic rings. The third kappa shape index (κ3) is 3.06. The standard InChI is InChI=1S/C11H20N6O2S/c1-15(2)20(18,19)17-7-5-16(6-8-17)11-3-4-13-10(9-12)14-11/h3-4H,5-9,12H2,1-2H3. The van der Waals surface area contributed by atoms with E-state index in [0.717, 1.165) is 5.82 Å². The summed E-state index contributed by atoms with van der Waals surface area (Å²) in [5, 5.41) is 0. The van der Waals surface area contributed by atoms with Gasteiger partial charge in [-0.05, 0) is 6.07 Å². The van der Waals surface area contributed by atoms with Crippen LogP contribution in [-0.2, 0) is 16.8 Å². The molecule has 9 heteroatoms. The molecule has 1 saturated heterocycles. The lowest BCUT2D eigenvalue weighted by atomic mass is 10.3. The van der Waals surface area contributed by atoms with Crippen molar-refractivity contribution in [1.82, 2.24) is 18.6 Å². The molecule has 0 unspecified atom stereocenters. The number of piperazine rings is 1. The van der Waals surface area contributed by atoms with E-state index in [1.165, 1.54) is 8.61 Å². The van der Waals surface area contributed by atoms with E-state index >= 15 is 0 Å². The Morgan fingerprint density at radius 1 is 1.30 bits per heavy atom. The molecular weight excluding hydrogens is 280 g/mol. The molecule has 0 atom stereocenters. The predicted molar refractivity (Wildman–Crippen MR) is 76.3 cm³/mol. The Hall–Kier alpha value is -1.29. The fourth-order valence-corrected chi connectivity index (χ4v) is 3.13. The average Bonchev–Trinajstić information content (AvgIpc) is 2.47. The molecule has 2 N–H and O–H groups in total. The van der Waals surface area contributed by atoms with Crippen molar-refractivity contribution in [3.63, 3.8) is 0 Å². The van der Waals surface area contributed by atoms with E-state index in [-0.39, 0.29) is 0 Å². The second kappa shape index (κ2) is 6.00. The van der Waals surface area contributed by atoms with Crippen LogP contribution in [0, 0.1) is 0 Å². The maximum atomic E-state index is 12.0. The summed E-state index contributed by atoms with van der Waals surface area (Å²) in [4.78, 5) is 10.4. The van der Waals surface area contributed by atoms with Gasteiger partial charge in [0.05, 0.1) is 6.54 Å². The van der Waals surface area contributed by atoms with E-state index in [4.69, 9.17) is 5.73 Å². The van der Waals surface area contributed by atoms with Crippen LogP contribution < -0.4 is 10.6 Å². The van der Waals surface area contributed by atoms with Crippen molar-refractivity contribution in [3.05, 3.63) is 18.1 Å². The summed E-state index contributed by atoms with van der Waals surface area (Å²) in [5.41, 5.74) is 5.52. The molecule has 2 rings (SSSR count). The average molecular weight is 300 g/mol. The van der Waals surface area contributed by atoms with Crippen LogP contribution >= 0.6 is 0 Å². The summed E-state index contributed by atoms with van der Waals surface area (Å²) in [6, 6.07) is 1.81. The number of anilines is 1. The smallest absolute Gasteiger partial charge is 0.281 e.